The highest BCUT2D eigenvalue weighted by Gasteiger charge is 2.00. The van der Waals surface area contributed by atoms with Crippen LogP contribution in [0.1, 0.15) is 15.9 Å². The zero-order chi connectivity index (χ0) is 13.0. The van der Waals surface area contributed by atoms with E-state index in [1.807, 2.05) is 54.6 Å². The quantitative estimate of drug-likeness (QED) is 0.366. The van der Waals surface area contributed by atoms with E-state index in [9.17, 15) is 4.79 Å². The molecule has 18 heavy (non-hydrogen) atoms. The number of halogens is 2. The number of allylic oxidation sites excluding steroid dienone is 1. The number of hydrogen-bond donors (Lipinski definition) is 0. The van der Waals surface area contributed by atoms with E-state index in [1.165, 1.54) is 3.57 Å². The minimum atomic E-state index is 0.0324. The van der Waals surface area contributed by atoms with Gasteiger partial charge in [0.15, 0.2) is 5.78 Å². The molecule has 0 fully saturated rings. The third-order valence-electron chi connectivity index (χ3n) is 2.43. The minimum absolute atomic E-state index is 0.0324. The lowest BCUT2D eigenvalue weighted by atomic mass is 10.1. The van der Waals surface area contributed by atoms with E-state index >= 15 is 0 Å². The lowest BCUT2D eigenvalue weighted by molar-refractivity contribution is 0.104. The molecular formula is C15H10I2O. The predicted molar refractivity (Wildman–Crippen MR) is 91.7 cm³/mol. The molecule has 0 saturated heterocycles. The SMILES string of the molecule is O=C(C=Cc1ccc(I)cc1)c1ccc(I)cc1. The molecule has 2 aromatic rings. The Hall–Kier alpha value is -0.690. The molecule has 2 rings (SSSR count). The molecule has 2 aromatic carbocycles. The first kappa shape index (κ1) is 13.7. The highest BCUT2D eigenvalue weighted by molar-refractivity contribution is 14.1. The fraction of sp³-hybridized carbons (Fsp3) is 0. The highest BCUT2D eigenvalue weighted by Crippen LogP contribution is 2.11. The molecule has 90 valence electrons. The zero-order valence-electron chi connectivity index (χ0n) is 9.44. The number of benzene rings is 2. The molecule has 0 amide bonds. The van der Waals surface area contributed by atoms with Gasteiger partial charge < -0.3 is 0 Å². The van der Waals surface area contributed by atoms with Gasteiger partial charge in [-0.05, 0) is 81.1 Å². The normalized spacial score (nSPS) is 10.8. The van der Waals surface area contributed by atoms with Gasteiger partial charge in [0, 0.05) is 12.7 Å². The smallest absolute Gasteiger partial charge is 0.185 e. The van der Waals surface area contributed by atoms with Gasteiger partial charge in [0.2, 0.25) is 0 Å². The summed E-state index contributed by atoms with van der Waals surface area (Å²) in [7, 11) is 0. The second-order valence-corrected chi connectivity index (χ2v) is 6.25. The van der Waals surface area contributed by atoms with Crippen LogP contribution in [0.5, 0.6) is 0 Å². The largest absolute Gasteiger partial charge is 0.289 e. The third-order valence-corrected chi connectivity index (χ3v) is 3.86. The van der Waals surface area contributed by atoms with Gasteiger partial charge in [-0.3, -0.25) is 4.79 Å². The van der Waals surface area contributed by atoms with Gasteiger partial charge in [-0.2, -0.15) is 0 Å². The summed E-state index contributed by atoms with van der Waals surface area (Å²) in [6, 6.07) is 15.6. The predicted octanol–water partition coefficient (Wildman–Crippen LogP) is 4.79. The van der Waals surface area contributed by atoms with E-state index in [0.29, 0.717) is 0 Å². The van der Waals surface area contributed by atoms with Crippen molar-refractivity contribution in [2.45, 2.75) is 0 Å². The maximum atomic E-state index is 11.9. The summed E-state index contributed by atoms with van der Waals surface area (Å²) in [5.74, 6) is 0.0324. The first-order valence-corrected chi connectivity index (χ1v) is 7.54. The van der Waals surface area contributed by atoms with Crippen molar-refractivity contribution in [2.75, 3.05) is 0 Å². The fourth-order valence-electron chi connectivity index (χ4n) is 1.46. The van der Waals surface area contributed by atoms with Gasteiger partial charge in [-0.1, -0.05) is 30.3 Å². The van der Waals surface area contributed by atoms with Crippen LogP contribution in [0.2, 0.25) is 0 Å². The maximum absolute atomic E-state index is 11.9. The molecule has 0 heterocycles. The highest BCUT2D eigenvalue weighted by atomic mass is 127. The molecule has 0 saturated carbocycles. The fourth-order valence-corrected chi connectivity index (χ4v) is 2.18. The van der Waals surface area contributed by atoms with Crippen LogP contribution < -0.4 is 0 Å². The Kier molecular flexibility index (Phi) is 4.94. The van der Waals surface area contributed by atoms with Crippen LogP contribution in [0.3, 0.4) is 0 Å². The molecule has 0 aliphatic heterocycles. The van der Waals surface area contributed by atoms with E-state index < -0.39 is 0 Å². The molecule has 0 N–H and O–H groups in total. The average molecular weight is 460 g/mol. The van der Waals surface area contributed by atoms with Crippen molar-refractivity contribution >= 4 is 57.0 Å². The molecule has 0 aliphatic rings. The van der Waals surface area contributed by atoms with E-state index in [-0.39, 0.29) is 5.78 Å². The summed E-state index contributed by atoms with van der Waals surface area (Å²) in [6.45, 7) is 0. The minimum Gasteiger partial charge on any atom is -0.289 e. The van der Waals surface area contributed by atoms with E-state index in [2.05, 4.69) is 45.2 Å². The molecular weight excluding hydrogens is 450 g/mol. The summed E-state index contributed by atoms with van der Waals surface area (Å²) in [4.78, 5) is 11.9. The first-order valence-electron chi connectivity index (χ1n) is 5.39. The molecule has 0 bridgehead atoms. The molecule has 0 radical (unpaired) electrons. The van der Waals surface area contributed by atoms with Gasteiger partial charge >= 0.3 is 0 Å². The van der Waals surface area contributed by atoms with Crippen molar-refractivity contribution in [3.63, 3.8) is 0 Å². The molecule has 0 unspecified atom stereocenters. The molecule has 0 spiro atoms. The van der Waals surface area contributed by atoms with Crippen LogP contribution in [0.15, 0.2) is 54.6 Å². The van der Waals surface area contributed by atoms with Crippen molar-refractivity contribution in [2.24, 2.45) is 0 Å². The second kappa shape index (κ2) is 6.47. The van der Waals surface area contributed by atoms with E-state index in [4.69, 9.17) is 0 Å². The van der Waals surface area contributed by atoms with Crippen LogP contribution in [-0.2, 0) is 0 Å². The Morgan fingerprint density at radius 1 is 0.833 bits per heavy atom. The summed E-state index contributed by atoms with van der Waals surface area (Å²) in [5, 5.41) is 0. The maximum Gasteiger partial charge on any atom is 0.185 e. The van der Waals surface area contributed by atoms with E-state index in [0.717, 1.165) is 14.7 Å². The Balaban J connectivity index is 2.11. The van der Waals surface area contributed by atoms with Crippen LogP contribution >= 0.6 is 45.2 Å². The van der Waals surface area contributed by atoms with Crippen LogP contribution in [0.25, 0.3) is 6.08 Å². The van der Waals surface area contributed by atoms with Gasteiger partial charge in [0.1, 0.15) is 0 Å². The topological polar surface area (TPSA) is 17.1 Å². The van der Waals surface area contributed by atoms with Crippen LogP contribution in [0, 0.1) is 7.14 Å². The molecule has 0 atom stereocenters. The third kappa shape index (κ3) is 3.91. The number of hydrogen-bond acceptors (Lipinski definition) is 1. The second-order valence-electron chi connectivity index (χ2n) is 3.76. The van der Waals surface area contributed by atoms with Crippen molar-refractivity contribution in [3.05, 3.63) is 72.9 Å². The number of rotatable bonds is 3. The number of ketones is 1. The number of carbonyl (C=O) groups excluding carboxylic acids is 1. The van der Waals surface area contributed by atoms with E-state index in [1.54, 1.807) is 6.08 Å². The Labute approximate surface area is 134 Å². The monoisotopic (exact) mass is 460 g/mol. The average Bonchev–Trinajstić information content (AvgIpc) is 2.38. The van der Waals surface area contributed by atoms with Gasteiger partial charge in [0.05, 0.1) is 0 Å². The number of carbonyl (C=O) groups is 1. The lowest BCUT2D eigenvalue weighted by Gasteiger charge is -1.96. The summed E-state index contributed by atoms with van der Waals surface area (Å²) in [5.41, 5.74) is 1.76. The van der Waals surface area contributed by atoms with Crippen molar-refractivity contribution in [1.82, 2.24) is 0 Å². The van der Waals surface area contributed by atoms with Crippen molar-refractivity contribution in [3.8, 4) is 0 Å². The molecule has 1 nitrogen and oxygen atoms in total. The van der Waals surface area contributed by atoms with Gasteiger partial charge in [-0.25, -0.2) is 0 Å². The summed E-state index contributed by atoms with van der Waals surface area (Å²) in [6.07, 6.45) is 3.46. The molecule has 3 heteroatoms. The Bertz CT molecular complexity index is 568. The van der Waals surface area contributed by atoms with Gasteiger partial charge in [-0.15, -0.1) is 0 Å². The Morgan fingerprint density at radius 3 is 1.89 bits per heavy atom. The Morgan fingerprint density at radius 2 is 1.33 bits per heavy atom. The van der Waals surface area contributed by atoms with Crippen molar-refractivity contribution in [1.29, 1.82) is 0 Å². The summed E-state index contributed by atoms with van der Waals surface area (Å²) >= 11 is 4.48. The first-order chi connectivity index (χ1) is 8.65. The van der Waals surface area contributed by atoms with Gasteiger partial charge in [0.25, 0.3) is 0 Å². The molecule has 0 aromatic heterocycles. The lowest BCUT2D eigenvalue weighted by Crippen LogP contribution is -1.93. The van der Waals surface area contributed by atoms with Crippen LogP contribution in [-0.4, -0.2) is 5.78 Å². The summed E-state index contributed by atoms with van der Waals surface area (Å²) < 4.78 is 2.32. The zero-order valence-corrected chi connectivity index (χ0v) is 13.8. The van der Waals surface area contributed by atoms with Crippen LogP contribution in [0.4, 0.5) is 0 Å². The standard InChI is InChI=1S/C15H10I2O/c16-13-6-1-11(2-7-13)3-10-15(18)12-4-8-14(17)9-5-12/h1-10H. The molecule has 0 aliphatic carbocycles. The van der Waals surface area contributed by atoms with Crippen molar-refractivity contribution < 1.29 is 4.79 Å².